The summed E-state index contributed by atoms with van der Waals surface area (Å²) in [6.07, 6.45) is -0.0100. The Morgan fingerprint density at radius 1 is 0.967 bits per heavy atom. The highest BCUT2D eigenvalue weighted by Crippen LogP contribution is 2.37. The molecule has 0 aliphatic rings. The molecule has 0 aliphatic heterocycles. The smallest absolute Gasteiger partial charge is 0.340 e. The SMILES string of the molecule is Cc1nc(C)c(C(=O)OCCC#N)c(-c2ccccc2N=O)c1C(=O)OCCC#N. The second kappa shape index (κ2) is 10.4. The van der Waals surface area contributed by atoms with Crippen molar-refractivity contribution in [2.24, 2.45) is 5.18 Å². The number of hydrogen-bond donors (Lipinski definition) is 0. The number of esters is 2. The van der Waals surface area contributed by atoms with Crippen LogP contribution in [0, 0.1) is 41.4 Å². The number of benzene rings is 1. The van der Waals surface area contributed by atoms with Gasteiger partial charge in [-0.1, -0.05) is 18.2 Å². The first kappa shape index (κ1) is 22.2. The van der Waals surface area contributed by atoms with Gasteiger partial charge in [-0.15, -0.1) is 4.91 Å². The van der Waals surface area contributed by atoms with Gasteiger partial charge in [-0.3, -0.25) is 4.98 Å². The van der Waals surface area contributed by atoms with E-state index in [-0.39, 0.29) is 65.4 Å². The van der Waals surface area contributed by atoms with Gasteiger partial charge in [0.25, 0.3) is 0 Å². The lowest BCUT2D eigenvalue weighted by Gasteiger charge is -2.18. The molecule has 0 saturated carbocycles. The number of aryl methyl sites for hydroxylation is 2. The number of nitroso groups, excluding NO2 is 1. The Morgan fingerprint density at radius 3 is 1.93 bits per heavy atom. The summed E-state index contributed by atoms with van der Waals surface area (Å²) in [5.74, 6) is -1.59. The number of nitrogens with zero attached hydrogens (tertiary/aromatic N) is 4. The van der Waals surface area contributed by atoms with Crippen molar-refractivity contribution in [1.82, 2.24) is 4.98 Å². The van der Waals surface area contributed by atoms with Gasteiger partial charge in [0.15, 0.2) is 0 Å². The minimum atomic E-state index is -0.794. The zero-order valence-corrected chi connectivity index (χ0v) is 16.5. The molecule has 0 bridgehead atoms. The first-order valence-electron chi connectivity index (χ1n) is 8.98. The molecule has 30 heavy (non-hydrogen) atoms. The minimum Gasteiger partial charge on any atom is -0.461 e. The normalized spacial score (nSPS) is 9.87. The Labute approximate surface area is 172 Å². The molecule has 0 unspecified atom stereocenters. The van der Waals surface area contributed by atoms with Gasteiger partial charge < -0.3 is 9.47 Å². The molecule has 0 amide bonds. The van der Waals surface area contributed by atoms with Gasteiger partial charge >= 0.3 is 11.9 Å². The summed E-state index contributed by atoms with van der Waals surface area (Å²) in [5, 5.41) is 20.4. The van der Waals surface area contributed by atoms with E-state index in [1.54, 1.807) is 32.0 Å². The third kappa shape index (κ3) is 4.83. The fourth-order valence-corrected chi connectivity index (χ4v) is 2.91. The largest absolute Gasteiger partial charge is 0.461 e. The monoisotopic (exact) mass is 406 g/mol. The molecule has 2 rings (SSSR count). The van der Waals surface area contributed by atoms with Gasteiger partial charge in [0.2, 0.25) is 0 Å². The predicted octanol–water partition coefficient (Wildman–Crippen LogP) is 3.90. The number of nitriles is 2. The highest BCUT2D eigenvalue weighted by molar-refractivity contribution is 6.08. The van der Waals surface area contributed by atoms with E-state index in [0.29, 0.717) is 0 Å². The molecule has 0 fully saturated rings. The van der Waals surface area contributed by atoms with E-state index in [4.69, 9.17) is 20.0 Å². The fraction of sp³-hybridized carbons (Fsp3) is 0.286. The van der Waals surface area contributed by atoms with Crippen molar-refractivity contribution >= 4 is 17.6 Å². The lowest BCUT2D eigenvalue weighted by atomic mass is 9.91. The van der Waals surface area contributed by atoms with Crippen molar-refractivity contribution in [1.29, 1.82) is 10.5 Å². The molecule has 0 saturated heterocycles. The van der Waals surface area contributed by atoms with Crippen molar-refractivity contribution < 1.29 is 19.1 Å². The molecule has 0 spiro atoms. The van der Waals surface area contributed by atoms with Crippen LogP contribution in [-0.2, 0) is 9.47 Å². The lowest BCUT2D eigenvalue weighted by molar-refractivity contribution is 0.0512. The van der Waals surface area contributed by atoms with Crippen LogP contribution in [-0.4, -0.2) is 30.1 Å². The summed E-state index contributed by atoms with van der Waals surface area (Å²) >= 11 is 0. The van der Waals surface area contributed by atoms with E-state index >= 15 is 0 Å². The van der Waals surface area contributed by atoms with Gasteiger partial charge in [-0.2, -0.15) is 10.5 Å². The maximum absolute atomic E-state index is 12.8. The third-order valence-corrected chi connectivity index (χ3v) is 4.13. The number of rotatable bonds is 8. The Morgan fingerprint density at radius 2 is 1.47 bits per heavy atom. The van der Waals surface area contributed by atoms with E-state index in [0.717, 1.165) is 0 Å². The van der Waals surface area contributed by atoms with E-state index in [9.17, 15) is 14.5 Å². The number of carbonyl (C=O) groups excluding carboxylic acids is 2. The highest BCUT2D eigenvalue weighted by Gasteiger charge is 2.29. The average Bonchev–Trinajstić information content (AvgIpc) is 2.73. The number of ether oxygens (including phenoxy) is 2. The van der Waals surface area contributed by atoms with Crippen LogP contribution in [0.3, 0.4) is 0 Å². The Kier molecular flexibility index (Phi) is 7.72. The summed E-state index contributed by atoms with van der Waals surface area (Å²) < 4.78 is 10.3. The number of hydrogen-bond acceptors (Lipinski definition) is 9. The van der Waals surface area contributed by atoms with Crippen LogP contribution >= 0.6 is 0 Å². The van der Waals surface area contributed by atoms with Gasteiger partial charge in [-0.05, 0) is 25.1 Å². The summed E-state index contributed by atoms with van der Waals surface area (Å²) in [5.41, 5.74) is 0.862. The molecule has 152 valence electrons. The van der Waals surface area contributed by atoms with Crippen molar-refractivity contribution in [2.45, 2.75) is 26.7 Å². The standard InChI is InChI=1S/C21H18N4O5/c1-13-17(20(26)29-11-5-9-22)19(15-7-3-4-8-16(15)25-28)18(14(2)24-13)21(27)30-12-6-10-23/h3-4,7-8H,5-6,11-12H2,1-2H3. The second-order valence-electron chi connectivity index (χ2n) is 6.10. The average molecular weight is 406 g/mol. The zero-order chi connectivity index (χ0) is 22.1. The van der Waals surface area contributed by atoms with E-state index in [1.807, 2.05) is 12.1 Å². The molecule has 1 heterocycles. The Balaban J connectivity index is 2.75. The molecule has 1 aromatic heterocycles. The van der Waals surface area contributed by atoms with E-state index in [1.165, 1.54) is 6.07 Å². The topological polar surface area (TPSA) is 142 Å². The molecule has 9 heteroatoms. The van der Waals surface area contributed by atoms with Gasteiger partial charge in [0, 0.05) is 11.1 Å². The molecule has 0 atom stereocenters. The Bertz CT molecular complexity index is 1010. The molecule has 0 aliphatic carbocycles. The summed E-state index contributed by atoms with van der Waals surface area (Å²) in [6, 6.07) is 9.96. The number of carbonyl (C=O) groups is 2. The predicted molar refractivity (Wildman–Crippen MR) is 106 cm³/mol. The number of pyridine rings is 1. The van der Waals surface area contributed by atoms with Crippen molar-refractivity contribution in [3.05, 3.63) is 51.7 Å². The molecule has 1 aromatic carbocycles. The van der Waals surface area contributed by atoms with Crippen LogP contribution in [0.15, 0.2) is 29.4 Å². The molecular weight excluding hydrogens is 388 g/mol. The summed E-state index contributed by atoms with van der Waals surface area (Å²) in [7, 11) is 0. The van der Waals surface area contributed by atoms with Gasteiger partial charge in [0.05, 0.1) is 47.5 Å². The quantitative estimate of drug-likeness (QED) is 0.365. The lowest BCUT2D eigenvalue weighted by Crippen LogP contribution is -2.18. The third-order valence-electron chi connectivity index (χ3n) is 4.13. The summed E-state index contributed by atoms with van der Waals surface area (Å²) in [6.45, 7) is 2.85. The molecule has 0 radical (unpaired) electrons. The van der Waals surface area contributed by atoms with Crippen LogP contribution in [0.4, 0.5) is 5.69 Å². The van der Waals surface area contributed by atoms with Crippen molar-refractivity contribution in [2.75, 3.05) is 13.2 Å². The fourth-order valence-electron chi connectivity index (χ4n) is 2.91. The van der Waals surface area contributed by atoms with Crippen molar-refractivity contribution in [3.8, 4) is 23.3 Å². The van der Waals surface area contributed by atoms with E-state index in [2.05, 4.69) is 10.2 Å². The zero-order valence-electron chi connectivity index (χ0n) is 16.5. The first-order valence-corrected chi connectivity index (χ1v) is 8.98. The molecule has 2 aromatic rings. The van der Waals surface area contributed by atoms with Crippen LogP contribution in [0.5, 0.6) is 0 Å². The molecular formula is C21H18N4O5. The Hall–Kier alpha value is -4.11. The number of aromatic nitrogens is 1. The van der Waals surface area contributed by atoms with Crippen LogP contribution in [0.25, 0.3) is 11.1 Å². The van der Waals surface area contributed by atoms with E-state index < -0.39 is 11.9 Å². The minimum absolute atomic E-state index is 0.00501. The van der Waals surface area contributed by atoms with Crippen LogP contribution in [0.2, 0.25) is 0 Å². The maximum Gasteiger partial charge on any atom is 0.340 e. The highest BCUT2D eigenvalue weighted by atomic mass is 16.5. The summed E-state index contributed by atoms with van der Waals surface area (Å²) in [4.78, 5) is 41.3. The molecule has 0 N–H and O–H groups in total. The second-order valence-corrected chi connectivity index (χ2v) is 6.10. The van der Waals surface area contributed by atoms with Gasteiger partial charge in [0.1, 0.15) is 18.9 Å². The van der Waals surface area contributed by atoms with Crippen molar-refractivity contribution in [3.63, 3.8) is 0 Å². The first-order chi connectivity index (χ1) is 14.5. The van der Waals surface area contributed by atoms with Crippen LogP contribution < -0.4 is 0 Å². The van der Waals surface area contributed by atoms with Crippen LogP contribution in [0.1, 0.15) is 44.9 Å². The van der Waals surface area contributed by atoms with Gasteiger partial charge in [-0.25, -0.2) is 9.59 Å². The maximum atomic E-state index is 12.8. The molecule has 9 nitrogen and oxygen atoms in total.